The van der Waals surface area contributed by atoms with E-state index < -0.39 is 0 Å². The maximum absolute atomic E-state index is 6.15. The summed E-state index contributed by atoms with van der Waals surface area (Å²) in [4.78, 5) is 0. The zero-order valence-electron chi connectivity index (χ0n) is 9.30. The van der Waals surface area contributed by atoms with Crippen LogP contribution in [0.1, 0.15) is 5.56 Å². The number of nitrogen functional groups attached to an aromatic ring is 1. The molecule has 0 bridgehead atoms. The molecule has 0 aliphatic carbocycles. The highest BCUT2D eigenvalue weighted by atomic mass is 79.9. The number of rotatable bonds is 2. The van der Waals surface area contributed by atoms with Crippen molar-refractivity contribution in [1.29, 1.82) is 0 Å². The Hall–Kier alpha value is -1.19. The Bertz CT molecular complexity index is 506. The molecule has 0 amide bonds. The summed E-state index contributed by atoms with van der Waals surface area (Å²) in [5.41, 5.74) is 9.44. The molecule has 2 rings (SSSR count). The van der Waals surface area contributed by atoms with Gasteiger partial charge in [-0.25, -0.2) is 0 Å². The van der Waals surface area contributed by atoms with Gasteiger partial charge in [-0.05, 0) is 48.9 Å². The topological polar surface area (TPSA) is 38.0 Å². The molecule has 0 fully saturated rings. The summed E-state index contributed by atoms with van der Waals surface area (Å²) in [6.45, 7) is 2.01. The summed E-state index contributed by atoms with van der Waals surface area (Å²) >= 11 is 9.52. The molecular weight excluding hydrogens is 300 g/mol. The number of aryl methyl sites for hydroxylation is 1. The van der Waals surface area contributed by atoms with Gasteiger partial charge < -0.3 is 11.1 Å². The molecule has 2 aromatic carbocycles. The molecule has 88 valence electrons. The molecule has 0 radical (unpaired) electrons. The molecule has 0 unspecified atom stereocenters. The van der Waals surface area contributed by atoms with Gasteiger partial charge in [-0.3, -0.25) is 0 Å². The van der Waals surface area contributed by atoms with Crippen molar-refractivity contribution in [3.8, 4) is 0 Å². The quantitative estimate of drug-likeness (QED) is 0.786. The molecule has 0 saturated heterocycles. The van der Waals surface area contributed by atoms with E-state index in [1.54, 1.807) is 0 Å². The van der Waals surface area contributed by atoms with Crippen molar-refractivity contribution in [2.24, 2.45) is 0 Å². The van der Waals surface area contributed by atoms with Crippen molar-refractivity contribution in [3.63, 3.8) is 0 Å². The Morgan fingerprint density at radius 1 is 1.12 bits per heavy atom. The van der Waals surface area contributed by atoms with E-state index in [1.165, 1.54) is 0 Å². The van der Waals surface area contributed by atoms with E-state index in [1.807, 2.05) is 43.3 Å². The van der Waals surface area contributed by atoms with Gasteiger partial charge in [0.2, 0.25) is 0 Å². The monoisotopic (exact) mass is 310 g/mol. The van der Waals surface area contributed by atoms with Crippen molar-refractivity contribution in [1.82, 2.24) is 0 Å². The predicted octanol–water partition coefficient (Wildman–Crippen LogP) is 4.74. The lowest BCUT2D eigenvalue weighted by Crippen LogP contribution is -1.95. The van der Waals surface area contributed by atoms with Gasteiger partial charge in [0.25, 0.3) is 0 Å². The van der Waals surface area contributed by atoms with E-state index in [4.69, 9.17) is 17.3 Å². The van der Waals surface area contributed by atoms with Crippen LogP contribution in [0.15, 0.2) is 40.9 Å². The molecule has 2 nitrogen and oxygen atoms in total. The van der Waals surface area contributed by atoms with E-state index >= 15 is 0 Å². The minimum atomic E-state index is 0.676. The normalized spacial score (nSPS) is 10.3. The highest BCUT2D eigenvalue weighted by Gasteiger charge is 2.03. The fourth-order valence-corrected chi connectivity index (χ4v) is 2.28. The second kappa shape index (κ2) is 4.98. The SMILES string of the molecule is Cc1cc(N)ccc1Nc1ccc(Br)cc1Cl. The Morgan fingerprint density at radius 3 is 2.47 bits per heavy atom. The zero-order chi connectivity index (χ0) is 12.4. The minimum Gasteiger partial charge on any atom is -0.399 e. The molecule has 2 aromatic rings. The van der Waals surface area contributed by atoms with E-state index in [0.717, 1.165) is 27.1 Å². The van der Waals surface area contributed by atoms with Gasteiger partial charge >= 0.3 is 0 Å². The van der Waals surface area contributed by atoms with E-state index in [0.29, 0.717) is 5.02 Å². The van der Waals surface area contributed by atoms with Crippen LogP contribution in [0.25, 0.3) is 0 Å². The Kier molecular flexibility index (Phi) is 3.60. The van der Waals surface area contributed by atoms with Crippen LogP contribution >= 0.6 is 27.5 Å². The number of halogens is 2. The molecule has 0 heterocycles. The first-order chi connectivity index (χ1) is 8.06. The number of hydrogen-bond donors (Lipinski definition) is 2. The Labute approximate surface area is 114 Å². The van der Waals surface area contributed by atoms with E-state index in [2.05, 4.69) is 21.2 Å². The maximum Gasteiger partial charge on any atom is 0.0652 e. The Balaban J connectivity index is 2.31. The molecule has 17 heavy (non-hydrogen) atoms. The molecule has 0 spiro atoms. The highest BCUT2D eigenvalue weighted by Crippen LogP contribution is 2.30. The summed E-state index contributed by atoms with van der Waals surface area (Å²) in [6.07, 6.45) is 0. The van der Waals surface area contributed by atoms with Crippen molar-refractivity contribution in [3.05, 3.63) is 51.5 Å². The minimum absolute atomic E-state index is 0.676. The zero-order valence-corrected chi connectivity index (χ0v) is 11.6. The summed E-state index contributed by atoms with van der Waals surface area (Å²) < 4.78 is 0.960. The van der Waals surface area contributed by atoms with E-state index in [-0.39, 0.29) is 0 Å². The molecular formula is C13H12BrClN2. The van der Waals surface area contributed by atoms with Crippen LogP contribution in [-0.4, -0.2) is 0 Å². The van der Waals surface area contributed by atoms with Crippen LogP contribution in [0, 0.1) is 6.92 Å². The fraction of sp³-hybridized carbons (Fsp3) is 0.0769. The van der Waals surface area contributed by atoms with Crippen LogP contribution in [0.3, 0.4) is 0 Å². The molecule has 3 N–H and O–H groups in total. The fourth-order valence-electron chi connectivity index (χ4n) is 1.56. The second-order valence-corrected chi connectivity index (χ2v) is 5.15. The maximum atomic E-state index is 6.15. The average molecular weight is 312 g/mol. The summed E-state index contributed by atoms with van der Waals surface area (Å²) in [5.74, 6) is 0. The molecule has 0 atom stereocenters. The van der Waals surface area contributed by atoms with Gasteiger partial charge in [0, 0.05) is 15.8 Å². The second-order valence-electron chi connectivity index (χ2n) is 3.82. The van der Waals surface area contributed by atoms with Crippen LogP contribution in [-0.2, 0) is 0 Å². The van der Waals surface area contributed by atoms with E-state index in [9.17, 15) is 0 Å². The number of hydrogen-bond acceptors (Lipinski definition) is 2. The lowest BCUT2D eigenvalue weighted by Gasteiger charge is -2.11. The Morgan fingerprint density at radius 2 is 1.82 bits per heavy atom. The summed E-state index contributed by atoms with van der Waals surface area (Å²) in [5, 5.41) is 3.96. The average Bonchev–Trinajstić information content (AvgIpc) is 2.25. The number of nitrogens with two attached hydrogens (primary N) is 1. The molecule has 0 aliphatic rings. The van der Waals surface area contributed by atoms with Gasteiger partial charge in [0.1, 0.15) is 0 Å². The summed E-state index contributed by atoms with van der Waals surface area (Å²) in [6, 6.07) is 11.5. The lowest BCUT2D eigenvalue weighted by atomic mass is 10.1. The van der Waals surface area contributed by atoms with Crippen molar-refractivity contribution in [2.75, 3.05) is 11.1 Å². The number of nitrogens with one attached hydrogen (secondary N) is 1. The van der Waals surface area contributed by atoms with Gasteiger partial charge in [-0.15, -0.1) is 0 Å². The van der Waals surface area contributed by atoms with Crippen LogP contribution in [0.2, 0.25) is 5.02 Å². The number of anilines is 3. The van der Waals surface area contributed by atoms with Crippen LogP contribution in [0.5, 0.6) is 0 Å². The van der Waals surface area contributed by atoms with Gasteiger partial charge in [-0.2, -0.15) is 0 Å². The van der Waals surface area contributed by atoms with Gasteiger partial charge in [0.05, 0.1) is 10.7 Å². The third kappa shape index (κ3) is 2.93. The lowest BCUT2D eigenvalue weighted by molar-refractivity contribution is 1.43. The standard InChI is InChI=1S/C13H12BrClN2/c1-8-6-10(16)3-5-12(8)17-13-4-2-9(14)7-11(13)15/h2-7,17H,16H2,1H3. The molecule has 0 saturated carbocycles. The van der Waals surface area contributed by atoms with Crippen LogP contribution in [0.4, 0.5) is 17.1 Å². The largest absolute Gasteiger partial charge is 0.399 e. The molecule has 4 heteroatoms. The van der Waals surface area contributed by atoms with Crippen molar-refractivity contribution >= 4 is 44.6 Å². The molecule has 0 aliphatic heterocycles. The summed E-state index contributed by atoms with van der Waals surface area (Å²) in [7, 11) is 0. The van der Waals surface area contributed by atoms with Crippen LogP contribution < -0.4 is 11.1 Å². The number of benzene rings is 2. The smallest absolute Gasteiger partial charge is 0.0652 e. The van der Waals surface area contributed by atoms with Crippen molar-refractivity contribution < 1.29 is 0 Å². The predicted molar refractivity (Wildman–Crippen MR) is 78.0 cm³/mol. The van der Waals surface area contributed by atoms with Gasteiger partial charge in [0.15, 0.2) is 0 Å². The van der Waals surface area contributed by atoms with Gasteiger partial charge in [-0.1, -0.05) is 27.5 Å². The van der Waals surface area contributed by atoms with Crippen molar-refractivity contribution in [2.45, 2.75) is 6.92 Å². The first-order valence-corrected chi connectivity index (χ1v) is 6.31. The highest BCUT2D eigenvalue weighted by molar-refractivity contribution is 9.10. The first kappa shape index (κ1) is 12.3. The first-order valence-electron chi connectivity index (χ1n) is 5.14. The third-order valence-electron chi connectivity index (χ3n) is 2.45. The molecule has 0 aromatic heterocycles. The third-order valence-corrected chi connectivity index (χ3v) is 3.26.